The van der Waals surface area contributed by atoms with E-state index in [2.05, 4.69) is 29.2 Å². The number of nitro benzene ring substituents is 1. The van der Waals surface area contributed by atoms with Crippen LogP contribution in [0.15, 0.2) is 60.7 Å². The highest BCUT2D eigenvalue weighted by Crippen LogP contribution is 2.30. The van der Waals surface area contributed by atoms with Gasteiger partial charge >= 0.3 is 0 Å². The lowest BCUT2D eigenvalue weighted by Gasteiger charge is -2.20. The summed E-state index contributed by atoms with van der Waals surface area (Å²) in [6.45, 7) is 2.66. The van der Waals surface area contributed by atoms with E-state index in [0.717, 1.165) is 31.1 Å². The van der Waals surface area contributed by atoms with E-state index in [0.29, 0.717) is 0 Å². The first-order chi connectivity index (χ1) is 11.7. The van der Waals surface area contributed by atoms with Crippen LogP contribution in [0.1, 0.15) is 24.0 Å². The molecule has 4 nitrogen and oxygen atoms in total. The van der Waals surface area contributed by atoms with Crippen LogP contribution in [0.5, 0.6) is 0 Å². The lowest BCUT2D eigenvalue weighted by atomic mass is 10.1. The van der Waals surface area contributed by atoms with E-state index in [9.17, 15) is 10.1 Å². The van der Waals surface area contributed by atoms with Gasteiger partial charge in [-0.25, -0.2) is 0 Å². The highest BCUT2D eigenvalue weighted by molar-refractivity contribution is 5.48. The molecule has 0 heterocycles. The Hall–Kier alpha value is -2.46. The van der Waals surface area contributed by atoms with Gasteiger partial charge in [-0.15, -0.1) is 0 Å². The van der Waals surface area contributed by atoms with Gasteiger partial charge in [-0.05, 0) is 29.9 Å². The van der Waals surface area contributed by atoms with Crippen LogP contribution in [0.2, 0.25) is 0 Å². The standard InChI is InChI=1S/C20H22N2O2/c23-22(24)20-10-4-8-19(14-20)16-21(15-18-11-12-18)13-5-9-17-6-2-1-3-7-17/h1-10,14,18H,11-13,15-16H2. The number of rotatable bonds is 8. The van der Waals surface area contributed by atoms with E-state index in [1.54, 1.807) is 18.2 Å². The number of nitrogens with zero attached hydrogens (tertiary/aromatic N) is 2. The summed E-state index contributed by atoms with van der Waals surface area (Å²) >= 11 is 0. The first-order valence-corrected chi connectivity index (χ1v) is 8.38. The predicted molar refractivity (Wildman–Crippen MR) is 96.6 cm³/mol. The summed E-state index contributed by atoms with van der Waals surface area (Å²) in [7, 11) is 0. The summed E-state index contributed by atoms with van der Waals surface area (Å²) < 4.78 is 0. The Bertz CT molecular complexity index is 709. The van der Waals surface area contributed by atoms with Gasteiger partial charge in [0.05, 0.1) is 4.92 Å². The molecule has 0 atom stereocenters. The van der Waals surface area contributed by atoms with Crippen molar-refractivity contribution in [1.82, 2.24) is 4.90 Å². The van der Waals surface area contributed by atoms with Gasteiger partial charge in [-0.3, -0.25) is 15.0 Å². The molecular weight excluding hydrogens is 300 g/mol. The summed E-state index contributed by atoms with van der Waals surface area (Å²) in [6, 6.07) is 17.2. The van der Waals surface area contributed by atoms with Gasteiger partial charge in [-0.2, -0.15) is 0 Å². The molecule has 0 saturated heterocycles. The molecule has 3 rings (SSSR count). The normalized spacial score (nSPS) is 14.4. The molecule has 1 fully saturated rings. The quantitative estimate of drug-likeness (QED) is 0.530. The summed E-state index contributed by atoms with van der Waals surface area (Å²) in [6.07, 6.45) is 6.91. The zero-order chi connectivity index (χ0) is 16.8. The first-order valence-electron chi connectivity index (χ1n) is 8.38. The Labute approximate surface area is 142 Å². The largest absolute Gasteiger partial charge is 0.295 e. The molecule has 0 unspecified atom stereocenters. The van der Waals surface area contributed by atoms with Crippen molar-refractivity contribution in [1.29, 1.82) is 0 Å². The first kappa shape index (κ1) is 16.4. The highest BCUT2D eigenvalue weighted by Gasteiger charge is 2.24. The molecule has 0 bridgehead atoms. The molecule has 0 aromatic heterocycles. The third-order valence-electron chi connectivity index (χ3n) is 4.21. The van der Waals surface area contributed by atoms with Crippen LogP contribution in [-0.4, -0.2) is 22.9 Å². The van der Waals surface area contributed by atoms with Crippen molar-refractivity contribution >= 4 is 11.8 Å². The maximum Gasteiger partial charge on any atom is 0.269 e. The van der Waals surface area contributed by atoms with Crippen molar-refractivity contribution < 1.29 is 4.92 Å². The van der Waals surface area contributed by atoms with Crippen LogP contribution in [0.3, 0.4) is 0 Å². The summed E-state index contributed by atoms with van der Waals surface area (Å²) in [5.41, 5.74) is 2.36. The SMILES string of the molecule is O=[N+]([O-])c1cccc(CN(CC=Cc2ccccc2)CC2CC2)c1. The smallest absolute Gasteiger partial charge is 0.269 e. The second-order valence-electron chi connectivity index (χ2n) is 6.38. The van der Waals surface area contributed by atoms with Gasteiger partial charge in [0.25, 0.3) is 5.69 Å². The second-order valence-corrected chi connectivity index (χ2v) is 6.38. The van der Waals surface area contributed by atoms with Gasteiger partial charge < -0.3 is 0 Å². The Morgan fingerprint density at radius 3 is 2.62 bits per heavy atom. The van der Waals surface area contributed by atoms with Crippen molar-refractivity contribution in [3.8, 4) is 0 Å². The van der Waals surface area contributed by atoms with Crippen LogP contribution >= 0.6 is 0 Å². The topological polar surface area (TPSA) is 46.4 Å². The highest BCUT2D eigenvalue weighted by atomic mass is 16.6. The number of non-ortho nitro benzene ring substituents is 1. The Kier molecular flexibility index (Phi) is 5.39. The molecule has 0 amide bonds. The van der Waals surface area contributed by atoms with Crippen molar-refractivity contribution in [2.75, 3.05) is 13.1 Å². The van der Waals surface area contributed by atoms with Gasteiger partial charge in [-0.1, -0.05) is 54.6 Å². The van der Waals surface area contributed by atoms with Crippen LogP contribution in [-0.2, 0) is 6.54 Å². The van der Waals surface area contributed by atoms with E-state index in [1.807, 2.05) is 24.3 Å². The molecule has 2 aromatic carbocycles. The second kappa shape index (κ2) is 7.88. The van der Waals surface area contributed by atoms with E-state index >= 15 is 0 Å². The minimum atomic E-state index is -0.329. The Morgan fingerprint density at radius 2 is 1.92 bits per heavy atom. The van der Waals surface area contributed by atoms with Crippen molar-refractivity contribution in [2.45, 2.75) is 19.4 Å². The molecule has 0 N–H and O–H groups in total. The number of nitro groups is 1. The minimum absolute atomic E-state index is 0.165. The van der Waals surface area contributed by atoms with Crippen molar-refractivity contribution in [3.05, 3.63) is 81.9 Å². The van der Waals surface area contributed by atoms with Gasteiger partial charge in [0, 0.05) is 31.8 Å². The predicted octanol–water partition coefficient (Wildman–Crippen LogP) is 4.52. The minimum Gasteiger partial charge on any atom is -0.295 e. The molecule has 124 valence electrons. The molecule has 4 heteroatoms. The van der Waals surface area contributed by atoms with Crippen molar-refractivity contribution in [3.63, 3.8) is 0 Å². The molecule has 0 radical (unpaired) electrons. The van der Waals surface area contributed by atoms with Gasteiger partial charge in [0.2, 0.25) is 0 Å². The number of benzene rings is 2. The van der Waals surface area contributed by atoms with E-state index in [-0.39, 0.29) is 10.6 Å². The third kappa shape index (κ3) is 5.03. The molecule has 0 aliphatic heterocycles. The lowest BCUT2D eigenvalue weighted by molar-refractivity contribution is -0.384. The average molecular weight is 322 g/mol. The molecule has 24 heavy (non-hydrogen) atoms. The number of hydrogen-bond acceptors (Lipinski definition) is 3. The number of hydrogen-bond donors (Lipinski definition) is 0. The maximum absolute atomic E-state index is 10.9. The Morgan fingerprint density at radius 1 is 1.12 bits per heavy atom. The third-order valence-corrected chi connectivity index (χ3v) is 4.21. The zero-order valence-electron chi connectivity index (χ0n) is 13.7. The fraction of sp³-hybridized carbons (Fsp3) is 0.300. The molecule has 1 saturated carbocycles. The fourth-order valence-electron chi connectivity index (χ4n) is 2.80. The van der Waals surface area contributed by atoms with E-state index < -0.39 is 0 Å². The van der Waals surface area contributed by atoms with E-state index in [4.69, 9.17) is 0 Å². The maximum atomic E-state index is 10.9. The lowest BCUT2D eigenvalue weighted by Crippen LogP contribution is -2.25. The van der Waals surface area contributed by atoms with E-state index in [1.165, 1.54) is 18.4 Å². The molecule has 0 spiro atoms. The molecule has 1 aliphatic carbocycles. The van der Waals surface area contributed by atoms with Gasteiger partial charge in [0.15, 0.2) is 0 Å². The Balaban J connectivity index is 1.64. The van der Waals surface area contributed by atoms with Crippen LogP contribution in [0.4, 0.5) is 5.69 Å². The molecular formula is C20H22N2O2. The van der Waals surface area contributed by atoms with Crippen LogP contribution in [0.25, 0.3) is 6.08 Å². The zero-order valence-corrected chi connectivity index (χ0v) is 13.7. The van der Waals surface area contributed by atoms with Crippen LogP contribution in [0, 0.1) is 16.0 Å². The van der Waals surface area contributed by atoms with Gasteiger partial charge in [0.1, 0.15) is 0 Å². The summed E-state index contributed by atoms with van der Waals surface area (Å²) in [5, 5.41) is 10.9. The molecule has 2 aromatic rings. The summed E-state index contributed by atoms with van der Waals surface area (Å²) in [4.78, 5) is 13.0. The fourth-order valence-corrected chi connectivity index (χ4v) is 2.80. The summed E-state index contributed by atoms with van der Waals surface area (Å²) in [5.74, 6) is 0.786. The molecule has 1 aliphatic rings. The monoisotopic (exact) mass is 322 g/mol. The van der Waals surface area contributed by atoms with Crippen molar-refractivity contribution in [2.24, 2.45) is 5.92 Å². The average Bonchev–Trinajstić information content (AvgIpc) is 3.40. The van der Waals surface area contributed by atoms with Crippen LogP contribution < -0.4 is 0 Å².